The summed E-state index contributed by atoms with van der Waals surface area (Å²) in [5.41, 5.74) is 0. The Balaban J connectivity index is 1.82. The first-order chi connectivity index (χ1) is 6.93. The van der Waals surface area contributed by atoms with E-state index in [0.29, 0.717) is 0 Å². The predicted molar refractivity (Wildman–Crippen MR) is 61.0 cm³/mol. The Kier molecular flexibility index (Phi) is 7.55. The van der Waals surface area contributed by atoms with E-state index in [1.54, 1.807) is 0 Å². The highest BCUT2D eigenvalue weighted by Crippen LogP contribution is 2.26. The van der Waals surface area contributed by atoms with Crippen molar-refractivity contribution in [3.63, 3.8) is 0 Å². The largest absolute Gasteiger partial charge is 0.224 e. The molecule has 0 N–H and O–H groups in total. The van der Waals surface area contributed by atoms with E-state index < -0.39 is 0 Å². The average Bonchev–Trinajstić information content (AvgIpc) is 2.25. The van der Waals surface area contributed by atoms with Crippen LogP contribution in [0.2, 0.25) is 0 Å². The van der Waals surface area contributed by atoms with Gasteiger partial charge < -0.3 is 0 Å². The second-order valence-corrected chi connectivity index (χ2v) is 4.74. The second kappa shape index (κ2) is 8.57. The Morgan fingerprint density at radius 3 is 2.71 bits per heavy atom. The Labute approximate surface area is 91.9 Å². The Hall–Kier alpha value is 0.270. The van der Waals surface area contributed by atoms with Crippen molar-refractivity contribution in [3.05, 3.63) is 0 Å². The first kappa shape index (κ1) is 12.3. The smallest absolute Gasteiger partial charge is 0.0834 e. The molecule has 1 rings (SSSR count). The van der Waals surface area contributed by atoms with E-state index in [9.17, 15) is 0 Å². The van der Waals surface area contributed by atoms with E-state index in [1.165, 1.54) is 44.1 Å². The molecule has 1 fully saturated rings. The molecule has 14 heavy (non-hydrogen) atoms. The van der Waals surface area contributed by atoms with Gasteiger partial charge >= 0.3 is 0 Å². The molecule has 0 aliphatic heterocycles. The third-order valence-corrected chi connectivity index (χ3v) is 3.51. The van der Waals surface area contributed by atoms with Crippen LogP contribution in [0.15, 0.2) is 0 Å². The highest BCUT2D eigenvalue weighted by Gasteiger charge is 2.13. The van der Waals surface area contributed by atoms with Crippen LogP contribution in [0, 0.1) is 5.92 Å². The Morgan fingerprint density at radius 1 is 1.21 bits per heavy atom. The van der Waals surface area contributed by atoms with E-state index in [0.717, 1.165) is 31.1 Å². The molecule has 0 spiro atoms. The van der Waals surface area contributed by atoms with Crippen LogP contribution in [0.4, 0.5) is 0 Å². The van der Waals surface area contributed by atoms with Gasteiger partial charge in [-0.1, -0.05) is 32.6 Å². The molecule has 0 radical (unpaired) electrons. The highest BCUT2D eigenvalue weighted by molar-refractivity contribution is 7.94. The van der Waals surface area contributed by atoms with Crippen LogP contribution in [-0.4, -0.2) is 12.4 Å². The number of unbranched alkanes of at least 4 members (excludes halogenated alkanes) is 1. The lowest BCUT2D eigenvalue weighted by molar-refractivity contribution is -0.191. The van der Waals surface area contributed by atoms with Crippen LogP contribution in [0.5, 0.6) is 0 Å². The van der Waals surface area contributed by atoms with Crippen molar-refractivity contribution in [3.8, 4) is 0 Å². The molecule has 0 heterocycles. The van der Waals surface area contributed by atoms with Gasteiger partial charge in [0.05, 0.1) is 6.61 Å². The minimum absolute atomic E-state index is 0.730. The lowest BCUT2D eigenvalue weighted by Gasteiger charge is -2.19. The highest BCUT2D eigenvalue weighted by atomic mass is 32.2. The van der Waals surface area contributed by atoms with E-state index in [2.05, 4.69) is 6.92 Å². The van der Waals surface area contributed by atoms with E-state index in [4.69, 9.17) is 9.22 Å². The summed E-state index contributed by atoms with van der Waals surface area (Å²) in [6.07, 6.45) is 9.25. The van der Waals surface area contributed by atoms with Gasteiger partial charge in [0.15, 0.2) is 0 Å². The van der Waals surface area contributed by atoms with Crippen molar-refractivity contribution in [2.75, 3.05) is 12.4 Å². The van der Waals surface area contributed by atoms with Gasteiger partial charge in [0, 0.05) is 17.8 Å². The maximum absolute atomic E-state index is 5.06. The van der Waals surface area contributed by atoms with Crippen LogP contribution < -0.4 is 0 Å². The number of hydrogen-bond acceptors (Lipinski definition) is 3. The monoisotopic (exact) mass is 218 g/mol. The fourth-order valence-electron chi connectivity index (χ4n) is 1.75. The summed E-state index contributed by atoms with van der Waals surface area (Å²) in [7, 11) is 0. The molecular formula is C11H22O2S. The van der Waals surface area contributed by atoms with Crippen molar-refractivity contribution in [1.82, 2.24) is 0 Å². The minimum atomic E-state index is 0.730. The Morgan fingerprint density at radius 2 is 2.00 bits per heavy atom. The quantitative estimate of drug-likeness (QED) is 0.279. The molecule has 1 aliphatic carbocycles. The normalized spacial score (nSPS) is 18.6. The zero-order valence-electron chi connectivity index (χ0n) is 9.17. The van der Waals surface area contributed by atoms with Crippen molar-refractivity contribution in [2.24, 2.45) is 5.92 Å². The molecule has 0 aromatic heterocycles. The lowest BCUT2D eigenvalue weighted by Crippen LogP contribution is -2.09. The van der Waals surface area contributed by atoms with Gasteiger partial charge in [-0.2, -0.15) is 4.33 Å². The van der Waals surface area contributed by atoms with E-state index >= 15 is 0 Å². The van der Waals surface area contributed by atoms with Crippen molar-refractivity contribution in [2.45, 2.75) is 51.9 Å². The van der Waals surface area contributed by atoms with Gasteiger partial charge in [-0.15, -0.1) is 0 Å². The zero-order valence-corrected chi connectivity index (χ0v) is 9.98. The van der Waals surface area contributed by atoms with Crippen molar-refractivity contribution < 1.29 is 9.22 Å². The summed E-state index contributed by atoms with van der Waals surface area (Å²) in [6.45, 7) is 2.88. The van der Waals surface area contributed by atoms with Crippen LogP contribution >= 0.6 is 12.0 Å². The van der Waals surface area contributed by atoms with Crippen molar-refractivity contribution in [1.29, 1.82) is 0 Å². The fraction of sp³-hybridized carbons (Fsp3) is 1.00. The van der Waals surface area contributed by atoms with Gasteiger partial charge in [0.2, 0.25) is 0 Å². The molecule has 0 aromatic carbocycles. The molecule has 3 heteroatoms. The van der Waals surface area contributed by atoms with E-state index in [1.807, 2.05) is 0 Å². The predicted octanol–water partition coefficient (Wildman–Crippen LogP) is 3.96. The standard InChI is InChI=1S/C11H22O2S/c1-2-3-9-12-13-14-10-11-7-5-4-6-8-11/h11H,2-10H2,1H3. The summed E-state index contributed by atoms with van der Waals surface area (Å²) < 4.78 is 5.06. The van der Waals surface area contributed by atoms with Gasteiger partial charge in [0.1, 0.15) is 0 Å². The van der Waals surface area contributed by atoms with Crippen molar-refractivity contribution >= 4 is 12.0 Å². The second-order valence-electron chi connectivity index (χ2n) is 4.03. The SMILES string of the molecule is CCCCOOSCC1CCCCC1. The van der Waals surface area contributed by atoms with E-state index in [-0.39, 0.29) is 0 Å². The average molecular weight is 218 g/mol. The fourth-order valence-corrected chi connectivity index (χ4v) is 2.47. The molecule has 0 atom stereocenters. The minimum Gasteiger partial charge on any atom is -0.224 e. The summed E-state index contributed by atoms with van der Waals surface area (Å²) in [4.78, 5) is 5.03. The molecule has 0 saturated heterocycles. The molecule has 84 valence electrons. The summed E-state index contributed by atoms with van der Waals surface area (Å²) >= 11 is 1.49. The van der Waals surface area contributed by atoms with Gasteiger partial charge in [-0.3, -0.25) is 0 Å². The van der Waals surface area contributed by atoms with Crippen LogP contribution in [0.25, 0.3) is 0 Å². The molecule has 0 amide bonds. The first-order valence-electron chi connectivity index (χ1n) is 5.84. The third kappa shape index (κ3) is 5.89. The molecular weight excluding hydrogens is 196 g/mol. The third-order valence-electron chi connectivity index (χ3n) is 2.71. The number of rotatable bonds is 7. The van der Waals surface area contributed by atoms with Crippen LogP contribution in [0.1, 0.15) is 51.9 Å². The summed E-state index contributed by atoms with van der Waals surface area (Å²) in [5, 5.41) is 0. The summed E-state index contributed by atoms with van der Waals surface area (Å²) in [6, 6.07) is 0. The summed E-state index contributed by atoms with van der Waals surface area (Å²) in [5.74, 6) is 1.97. The molecule has 0 aromatic rings. The number of hydrogen-bond donors (Lipinski definition) is 0. The van der Waals surface area contributed by atoms with Gasteiger partial charge in [-0.05, 0) is 25.2 Å². The van der Waals surface area contributed by atoms with Crippen LogP contribution in [0.3, 0.4) is 0 Å². The lowest BCUT2D eigenvalue weighted by atomic mass is 9.91. The molecule has 1 aliphatic rings. The first-order valence-corrected chi connectivity index (χ1v) is 6.75. The molecule has 0 unspecified atom stereocenters. The maximum Gasteiger partial charge on any atom is 0.0834 e. The van der Waals surface area contributed by atoms with Gasteiger partial charge in [-0.25, -0.2) is 4.89 Å². The molecule has 2 nitrogen and oxygen atoms in total. The molecule has 0 bridgehead atoms. The molecule has 1 saturated carbocycles. The zero-order chi connectivity index (χ0) is 10.1. The van der Waals surface area contributed by atoms with Gasteiger partial charge in [0.25, 0.3) is 0 Å². The maximum atomic E-state index is 5.06. The van der Waals surface area contributed by atoms with Crippen LogP contribution in [-0.2, 0) is 9.22 Å². The topological polar surface area (TPSA) is 18.5 Å². The Bertz CT molecular complexity index is 124.